The molecule has 5 rings (SSSR count). The van der Waals surface area contributed by atoms with E-state index in [9.17, 15) is 18.0 Å². The van der Waals surface area contributed by atoms with Crippen molar-refractivity contribution in [3.05, 3.63) is 0 Å². The summed E-state index contributed by atoms with van der Waals surface area (Å²) in [5.74, 6) is 1.93. The van der Waals surface area contributed by atoms with Crippen LogP contribution in [0.2, 0.25) is 0 Å². The highest BCUT2D eigenvalue weighted by molar-refractivity contribution is 7.91. The largest absolute Gasteiger partial charge is 0.455 e. The third-order valence-electron chi connectivity index (χ3n) is 6.44. The third-order valence-corrected chi connectivity index (χ3v) is 8.21. The Labute approximate surface area is 142 Å². The van der Waals surface area contributed by atoms with Gasteiger partial charge in [0.05, 0.1) is 17.4 Å². The zero-order valence-corrected chi connectivity index (χ0v) is 14.6. The smallest absolute Gasteiger partial charge is 0.310 e. The van der Waals surface area contributed by atoms with E-state index < -0.39 is 15.7 Å². The van der Waals surface area contributed by atoms with Crippen molar-refractivity contribution < 1.29 is 22.7 Å². The lowest BCUT2D eigenvalue weighted by Gasteiger charge is -2.53. The van der Waals surface area contributed by atoms with E-state index in [0.29, 0.717) is 18.3 Å². The molecule has 0 spiro atoms. The number of hydrogen-bond donors (Lipinski definition) is 1. The van der Waals surface area contributed by atoms with Crippen molar-refractivity contribution in [3.8, 4) is 0 Å². The molecule has 5 fully saturated rings. The summed E-state index contributed by atoms with van der Waals surface area (Å²) < 4.78 is 28.1. The summed E-state index contributed by atoms with van der Waals surface area (Å²) in [6, 6.07) is -0.345. The number of esters is 1. The molecule has 6 nitrogen and oxygen atoms in total. The molecule has 4 aliphatic carbocycles. The molecule has 0 aromatic heterocycles. The molecule has 1 atom stereocenters. The molecule has 0 aromatic rings. The minimum Gasteiger partial charge on any atom is -0.455 e. The van der Waals surface area contributed by atoms with Crippen molar-refractivity contribution in [1.82, 2.24) is 5.32 Å². The fourth-order valence-electron chi connectivity index (χ4n) is 5.72. The van der Waals surface area contributed by atoms with Crippen LogP contribution in [0, 0.1) is 29.6 Å². The highest BCUT2D eigenvalue weighted by atomic mass is 32.2. The molecule has 134 valence electrons. The second-order valence-electron chi connectivity index (χ2n) is 8.23. The Hall–Kier alpha value is -1.11. The Kier molecular flexibility index (Phi) is 4.09. The predicted molar refractivity (Wildman–Crippen MR) is 86.7 cm³/mol. The van der Waals surface area contributed by atoms with Crippen molar-refractivity contribution in [1.29, 1.82) is 0 Å². The Morgan fingerprint density at radius 1 is 1.00 bits per heavy atom. The first-order chi connectivity index (χ1) is 11.4. The molecule has 4 saturated carbocycles. The number of carbonyl (C=O) groups is 2. The van der Waals surface area contributed by atoms with Crippen molar-refractivity contribution in [3.63, 3.8) is 0 Å². The van der Waals surface area contributed by atoms with E-state index in [2.05, 4.69) is 5.32 Å². The van der Waals surface area contributed by atoms with Crippen LogP contribution in [0.5, 0.6) is 0 Å². The van der Waals surface area contributed by atoms with E-state index in [0.717, 1.165) is 37.5 Å². The van der Waals surface area contributed by atoms with Crippen molar-refractivity contribution in [2.24, 2.45) is 29.6 Å². The summed E-state index contributed by atoms with van der Waals surface area (Å²) >= 11 is 0. The molecule has 5 aliphatic rings. The standard InChI is InChI=1S/C17H25NO5S/c19-15(18-14-1-2-24(21,22)9-14)8-23-17(20)16-12-4-10-3-11(6-12)7-13(16)5-10/h10-14,16H,1-9H2,(H,18,19)/t10?,11?,12?,13?,14-,16?/m0/s1. The maximum Gasteiger partial charge on any atom is 0.310 e. The second-order valence-corrected chi connectivity index (χ2v) is 10.5. The monoisotopic (exact) mass is 355 g/mol. The lowest BCUT2D eigenvalue weighted by Crippen LogP contribution is -2.49. The number of hydrogen-bond acceptors (Lipinski definition) is 5. The summed E-state index contributed by atoms with van der Waals surface area (Å²) in [7, 11) is -3.02. The molecule has 0 radical (unpaired) electrons. The maximum atomic E-state index is 12.5. The highest BCUT2D eigenvalue weighted by Gasteiger charge is 2.51. The van der Waals surface area contributed by atoms with Crippen LogP contribution in [0.1, 0.15) is 38.5 Å². The zero-order chi connectivity index (χ0) is 16.9. The topological polar surface area (TPSA) is 89.5 Å². The van der Waals surface area contributed by atoms with Crippen LogP contribution >= 0.6 is 0 Å². The summed E-state index contributed by atoms with van der Waals surface area (Å²) in [6.07, 6.45) is 6.33. The molecule has 0 unspecified atom stereocenters. The Morgan fingerprint density at radius 2 is 1.62 bits per heavy atom. The van der Waals surface area contributed by atoms with Crippen LogP contribution in [0.25, 0.3) is 0 Å². The number of rotatable bonds is 4. The van der Waals surface area contributed by atoms with E-state index in [1.54, 1.807) is 0 Å². The molecule has 1 heterocycles. The normalized spacial score (nSPS) is 42.0. The summed E-state index contributed by atoms with van der Waals surface area (Å²) in [5, 5.41) is 2.66. The minimum atomic E-state index is -3.02. The van der Waals surface area contributed by atoms with Gasteiger partial charge in [-0.3, -0.25) is 9.59 Å². The number of ether oxygens (including phenoxy) is 1. The quantitative estimate of drug-likeness (QED) is 0.757. The Balaban J connectivity index is 1.27. The van der Waals surface area contributed by atoms with E-state index >= 15 is 0 Å². The van der Waals surface area contributed by atoms with Gasteiger partial charge in [-0.1, -0.05) is 0 Å². The number of nitrogens with one attached hydrogen (secondary N) is 1. The number of sulfone groups is 1. The molecular formula is C17H25NO5S. The lowest BCUT2D eigenvalue weighted by atomic mass is 9.52. The second kappa shape index (κ2) is 6.00. The first kappa shape index (κ1) is 16.4. The van der Waals surface area contributed by atoms with Crippen molar-refractivity contribution >= 4 is 21.7 Å². The third kappa shape index (κ3) is 3.19. The molecule has 7 heteroatoms. The first-order valence-corrected chi connectivity index (χ1v) is 10.9. The highest BCUT2D eigenvalue weighted by Crippen LogP contribution is 2.56. The van der Waals surface area contributed by atoms with Gasteiger partial charge in [-0.25, -0.2) is 8.42 Å². The SMILES string of the molecule is O=C(COC(=O)C1C2CC3CC(C2)CC1C3)N[C@H]1CCS(=O)(=O)C1. The predicted octanol–water partition coefficient (Wildman–Crippen LogP) is 0.905. The molecule has 1 N–H and O–H groups in total. The van der Waals surface area contributed by atoms with Gasteiger partial charge in [0.15, 0.2) is 16.4 Å². The molecule has 1 amide bonds. The van der Waals surface area contributed by atoms with E-state index in [1.807, 2.05) is 0 Å². The van der Waals surface area contributed by atoms with Crippen LogP contribution in [0.4, 0.5) is 0 Å². The van der Waals surface area contributed by atoms with Gasteiger partial charge in [0, 0.05) is 6.04 Å². The molecular weight excluding hydrogens is 330 g/mol. The Bertz CT molecular complexity index is 615. The van der Waals surface area contributed by atoms with Gasteiger partial charge in [-0.05, 0) is 62.2 Å². The van der Waals surface area contributed by atoms with E-state index in [-0.39, 0.29) is 36.0 Å². The average Bonchev–Trinajstić information content (AvgIpc) is 2.83. The first-order valence-electron chi connectivity index (χ1n) is 9.06. The van der Waals surface area contributed by atoms with Crippen LogP contribution < -0.4 is 5.32 Å². The minimum absolute atomic E-state index is 0.0117. The van der Waals surface area contributed by atoms with Gasteiger partial charge < -0.3 is 10.1 Å². The number of carbonyl (C=O) groups excluding carboxylic acids is 2. The molecule has 1 aliphatic heterocycles. The summed E-state index contributed by atoms with van der Waals surface area (Å²) in [4.78, 5) is 24.4. The fourth-order valence-corrected chi connectivity index (χ4v) is 7.39. The van der Waals surface area contributed by atoms with Crippen molar-refractivity contribution in [2.75, 3.05) is 18.1 Å². The van der Waals surface area contributed by atoms with Gasteiger partial charge in [-0.15, -0.1) is 0 Å². The number of amides is 1. The van der Waals surface area contributed by atoms with Crippen LogP contribution in [0.3, 0.4) is 0 Å². The van der Waals surface area contributed by atoms with Crippen LogP contribution in [0.15, 0.2) is 0 Å². The summed E-state index contributed by atoms with van der Waals surface area (Å²) in [5.41, 5.74) is 0. The molecule has 24 heavy (non-hydrogen) atoms. The maximum absolute atomic E-state index is 12.5. The Morgan fingerprint density at radius 3 is 2.17 bits per heavy atom. The molecule has 1 saturated heterocycles. The van der Waals surface area contributed by atoms with Gasteiger partial charge in [-0.2, -0.15) is 0 Å². The fraction of sp³-hybridized carbons (Fsp3) is 0.882. The van der Waals surface area contributed by atoms with Gasteiger partial charge in [0.25, 0.3) is 5.91 Å². The van der Waals surface area contributed by atoms with Gasteiger partial charge in [0.2, 0.25) is 0 Å². The molecule has 0 aromatic carbocycles. The van der Waals surface area contributed by atoms with Crippen LogP contribution in [-0.2, 0) is 24.2 Å². The van der Waals surface area contributed by atoms with Gasteiger partial charge >= 0.3 is 5.97 Å². The summed E-state index contributed by atoms with van der Waals surface area (Å²) in [6.45, 7) is -0.293. The molecule has 4 bridgehead atoms. The van der Waals surface area contributed by atoms with E-state index in [4.69, 9.17) is 4.74 Å². The average molecular weight is 355 g/mol. The zero-order valence-electron chi connectivity index (χ0n) is 13.8. The van der Waals surface area contributed by atoms with Gasteiger partial charge in [0.1, 0.15) is 0 Å². The van der Waals surface area contributed by atoms with Crippen molar-refractivity contribution in [2.45, 2.75) is 44.6 Å². The van der Waals surface area contributed by atoms with Crippen LogP contribution in [-0.4, -0.2) is 44.4 Å². The van der Waals surface area contributed by atoms with E-state index in [1.165, 1.54) is 6.42 Å². The lowest BCUT2D eigenvalue weighted by molar-refractivity contribution is -0.164.